The largest absolute Gasteiger partial charge is 0.322 e. The fourth-order valence-corrected chi connectivity index (χ4v) is 5.62. The smallest absolute Gasteiger partial charge is 0.263 e. The molecule has 0 aliphatic heterocycles. The van der Waals surface area contributed by atoms with E-state index in [1.807, 2.05) is 24.3 Å². The average molecular weight is 555 g/mol. The van der Waals surface area contributed by atoms with Gasteiger partial charge in [0.1, 0.15) is 0 Å². The van der Waals surface area contributed by atoms with Crippen molar-refractivity contribution in [3.63, 3.8) is 0 Å². The van der Waals surface area contributed by atoms with E-state index < -0.39 is 10.0 Å². The second-order valence-corrected chi connectivity index (χ2v) is 11.0. The predicted octanol–water partition coefficient (Wildman–Crippen LogP) is 6.72. The molecule has 0 fully saturated rings. The molecule has 0 atom stereocenters. The molecule has 0 radical (unpaired) electrons. The minimum atomic E-state index is -3.80. The number of nitrogens with one attached hydrogen (secondary N) is 2. The molecule has 0 aliphatic carbocycles. The Kier molecular flexibility index (Phi) is 6.63. The lowest BCUT2D eigenvalue weighted by Crippen LogP contribution is -2.14. The van der Waals surface area contributed by atoms with E-state index in [9.17, 15) is 13.2 Å². The van der Waals surface area contributed by atoms with E-state index >= 15 is 0 Å². The summed E-state index contributed by atoms with van der Waals surface area (Å²) >= 11 is 13.4. The van der Waals surface area contributed by atoms with Gasteiger partial charge >= 0.3 is 0 Å². The number of amides is 1. The van der Waals surface area contributed by atoms with Crippen LogP contribution in [-0.2, 0) is 10.0 Å². The van der Waals surface area contributed by atoms with Gasteiger partial charge in [0.15, 0.2) is 5.13 Å². The SMILES string of the molecule is O=C(Nc1ccc(S(=O)(=O)Nc2nccs2)cc1)c1cc(-c2ccc(Cl)c(Cl)c2)nc2ccccc12. The first kappa shape index (κ1) is 24.2. The van der Waals surface area contributed by atoms with E-state index in [0.29, 0.717) is 43.5 Å². The maximum Gasteiger partial charge on any atom is 0.263 e. The number of fused-ring (bicyclic) bond motifs is 1. The van der Waals surface area contributed by atoms with Gasteiger partial charge in [0.05, 0.1) is 31.7 Å². The molecule has 0 saturated heterocycles. The summed E-state index contributed by atoms with van der Waals surface area (Å²) in [5.74, 6) is -0.369. The second kappa shape index (κ2) is 9.87. The van der Waals surface area contributed by atoms with Gasteiger partial charge in [-0.25, -0.2) is 18.4 Å². The number of para-hydroxylation sites is 1. The molecule has 2 aromatic heterocycles. The molecule has 36 heavy (non-hydrogen) atoms. The number of hydrogen-bond donors (Lipinski definition) is 2. The summed E-state index contributed by atoms with van der Waals surface area (Å²) < 4.78 is 27.5. The monoisotopic (exact) mass is 554 g/mol. The summed E-state index contributed by atoms with van der Waals surface area (Å²) in [5.41, 5.74) is 2.76. The lowest BCUT2D eigenvalue weighted by molar-refractivity contribution is 0.102. The summed E-state index contributed by atoms with van der Waals surface area (Å²) in [7, 11) is -3.80. The summed E-state index contributed by atoms with van der Waals surface area (Å²) in [6, 6.07) is 20.0. The van der Waals surface area contributed by atoms with Gasteiger partial charge in [-0.2, -0.15) is 0 Å². The average Bonchev–Trinajstić information content (AvgIpc) is 3.37. The number of nitrogens with zero attached hydrogens (tertiary/aromatic N) is 2. The Morgan fingerprint density at radius 2 is 1.69 bits per heavy atom. The highest BCUT2D eigenvalue weighted by Gasteiger charge is 2.17. The maximum atomic E-state index is 13.3. The Hall–Kier alpha value is -3.50. The van der Waals surface area contributed by atoms with E-state index in [1.54, 1.807) is 29.6 Å². The van der Waals surface area contributed by atoms with Gasteiger partial charge in [0, 0.05) is 28.2 Å². The Morgan fingerprint density at radius 1 is 0.917 bits per heavy atom. The molecule has 0 bridgehead atoms. The molecule has 0 saturated carbocycles. The predicted molar refractivity (Wildman–Crippen MR) is 145 cm³/mol. The lowest BCUT2D eigenvalue weighted by Gasteiger charge is -2.12. The van der Waals surface area contributed by atoms with Crippen molar-refractivity contribution in [3.05, 3.63) is 100.0 Å². The first-order valence-electron chi connectivity index (χ1n) is 10.5. The third-order valence-corrected chi connectivity index (χ3v) is 8.16. The van der Waals surface area contributed by atoms with Crippen LogP contribution in [0, 0.1) is 0 Å². The molecule has 1 amide bonds. The van der Waals surface area contributed by atoms with Crippen molar-refractivity contribution in [1.29, 1.82) is 0 Å². The summed E-state index contributed by atoms with van der Waals surface area (Å²) in [6.45, 7) is 0. The number of halogens is 2. The van der Waals surface area contributed by atoms with E-state index in [1.165, 1.54) is 41.8 Å². The van der Waals surface area contributed by atoms with Crippen LogP contribution in [0.2, 0.25) is 10.0 Å². The first-order valence-corrected chi connectivity index (χ1v) is 13.6. The fraction of sp³-hybridized carbons (Fsp3) is 0. The summed E-state index contributed by atoms with van der Waals surface area (Å²) in [4.78, 5) is 22.0. The van der Waals surface area contributed by atoms with E-state index in [2.05, 4.69) is 20.0 Å². The topological polar surface area (TPSA) is 101 Å². The summed E-state index contributed by atoms with van der Waals surface area (Å²) in [6.07, 6.45) is 1.51. The molecule has 0 unspecified atom stereocenters. The van der Waals surface area contributed by atoms with Crippen LogP contribution in [0.25, 0.3) is 22.2 Å². The third-order valence-electron chi connectivity index (χ3n) is 5.25. The van der Waals surface area contributed by atoms with E-state index in [4.69, 9.17) is 23.2 Å². The highest BCUT2D eigenvalue weighted by atomic mass is 35.5. The first-order chi connectivity index (χ1) is 17.3. The Bertz CT molecular complexity index is 1690. The molecule has 5 rings (SSSR count). The standard InChI is InChI=1S/C25H16Cl2N4O3S2/c26-20-10-5-15(13-21(20)27)23-14-19(18-3-1-2-4-22(18)30-23)24(32)29-16-6-8-17(9-7-16)36(33,34)31-25-28-11-12-35-25/h1-14H,(H,28,31)(H,29,32). The van der Waals surface area contributed by atoms with Crippen molar-refractivity contribution in [1.82, 2.24) is 9.97 Å². The zero-order valence-electron chi connectivity index (χ0n) is 18.3. The van der Waals surface area contributed by atoms with Crippen molar-refractivity contribution in [2.75, 3.05) is 10.0 Å². The molecule has 180 valence electrons. The molecular formula is C25H16Cl2N4O3S2. The van der Waals surface area contributed by atoms with Gasteiger partial charge in [-0.1, -0.05) is 47.5 Å². The highest BCUT2D eigenvalue weighted by molar-refractivity contribution is 7.93. The minimum Gasteiger partial charge on any atom is -0.322 e. The van der Waals surface area contributed by atoms with Crippen molar-refractivity contribution in [3.8, 4) is 11.3 Å². The molecule has 2 N–H and O–H groups in total. The van der Waals surface area contributed by atoms with Crippen LogP contribution in [0.5, 0.6) is 0 Å². The number of rotatable bonds is 6. The molecule has 11 heteroatoms. The fourth-order valence-electron chi connectivity index (χ4n) is 3.53. The van der Waals surface area contributed by atoms with Crippen molar-refractivity contribution in [2.45, 2.75) is 4.90 Å². The number of anilines is 2. The van der Waals surface area contributed by atoms with Crippen LogP contribution >= 0.6 is 34.5 Å². The number of carbonyl (C=O) groups excluding carboxylic acids is 1. The van der Waals surface area contributed by atoms with Crippen LogP contribution in [0.1, 0.15) is 10.4 Å². The number of aromatic nitrogens is 2. The summed E-state index contributed by atoms with van der Waals surface area (Å²) in [5, 5.41) is 6.26. The molecule has 2 heterocycles. The minimum absolute atomic E-state index is 0.0481. The molecule has 7 nitrogen and oxygen atoms in total. The number of carbonyl (C=O) groups is 1. The van der Waals surface area contributed by atoms with Crippen LogP contribution < -0.4 is 10.0 Å². The van der Waals surface area contributed by atoms with E-state index in [0.717, 1.165) is 0 Å². The van der Waals surface area contributed by atoms with Crippen LogP contribution in [0.4, 0.5) is 10.8 Å². The van der Waals surface area contributed by atoms with Crippen LogP contribution in [-0.4, -0.2) is 24.3 Å². The Labute approximate surface area is 220 Å². The van der Waals surface area contributed by atoms with Gasteiger partial charge in [-0.3, -0.25) is 9.52 Å². The van der Waals surface area contributed by atoms with E-state index in [-0.39, 0.29) is 15.9 Å². The van der Waals surface area contributed by atoms with Crippen molar-refractivity contribution < 1.29 is 13.2 Å². The molecule has 3 aromatic carbocycles. The van der Waals surface area contributed by atoms with Crippen molar-refractivity contribution >= 4 is 72.2 Å². The molecule has 5 aromatic rings. The third kappa shape index (κ3) is 5.05. The molecule has 0 spiro atoms. The van der Waals surface area contributed by atoms with Gasteiger partial charge in [-0.15, -0.1) is 11.3 Å². The number of sulfonamides is 1. The normalized spacial score (nSPS) is 11.4. The zero-order valence-corrected chi connectivity index (χ0v) is 21.4. The Balaban J connectivity index is 1.44. The Morgan fingerprint density at radius 3 is 2.42 bits per heavy atom. The van der Waals surface area contributed by atoms with Crippen molar-refractivity contribution in [2.24, 2.45) is 0 Å². The van der Waals surface area contributed by atoms with Gasteiger partial charge < -0.3 is 5.32 Å². The molecule has 0 aliphatic rings. The van der Waals surface area contributed by atoms with Gasteiger partial charge in [0.2, 0.25) is 0 Å². The second-order valence-electron chi connectivity index (χ2n) is 7.62. The quantitative estimate of drug-likeness (QED) is 0.242. The van der Waals surface area contributed by atoms with Crippen LogP contribution in [0.15, 0.2) is 89.3 Å². The number of pyridine rings is 1. The number of benzene rings is 3. The van der Waals surface area contributed by atoms with Crippen LogP contribution in [0.3, 0.4) is 0 Å². The maximum absolute atomic E-state index is 13.3. The number of thiazole rings is 1. The number of hydrogen-bond acceptors (Lipinski definition) is 6. The molecular weight excluding hydrogens is 539 g/mol. The van der Waals surface area contributed by atoms with Gasteiger partial charge in [0.25, 0.3) is 15.9 Å². The highest BCUT2D eigenvalue weighted by Crippen LogP contribution is 2.30. The lowest BCUT2D eigenvalue weighted by atomic mass is 10.0. The van der Waals surface area contributed by atoms with Gasteiger partial charge in [-0.05, 0) is 48.5 Å². The zero-order chi connectivity index (χ0) is 25.3.